The molecule has 1 heterocycles. The molecule has 0 spiro atoms. The standard InChI is InChI=1S/C20H28O4/c1-13-6-4-8-16(19(21)22)9-5-7-14(2)12-18-17(11-10-13)15(3)20(23)24-18/h6,9,12,15,17-18H,4-5,7-8,10-11H2,1-3H3,(H,21,22)/b13-6+,14-12+,16-9-/t15-,17?,18-/m1/s1. The summed E-state index contributed by atoms with van der Waals surface area (Å²) in [5, 5.41) is 9.30. The second-order valence-electron chi connectivity index (χ2n) is 7.07. The van der Waals surface area contributed by atoms with E-state index in [4.69, 9.17) is 4.74 Å². The summed E-state index contributed by atoms with van der Waals surface area (Å²) in [6.07, 6.45) is 10.5. The first-order valence-corrected chi connectivity index (χ1v) is 8.84. The summed E-state index contributed by atoms with van der Waals surface area (Å²) in [5.41, 5.74) is 2.89. The second-order valence-corrected chi connectivity index (χ2v) is 7.07. The summed E-state index contributed by atoms with van der Waals surface area (Å²) < 4.78 is 5.56. The fraction of sp³-hybridized carbons (Fsp3) is 0.600. The van der Waals surface area contributed by atoms with Gasteiger partial charge in [-0.25, -0.2) is 4.79 Å². The number of rotatable bonds is 1. The van der Waals surface area contributed by atoms with Gasteiger partial charge in [0, 0.05) is 11.5 Å². The number of hydrogen-bond acceptors (Lipinski definition) is 3. The van der Waals surface area contributed by atoms with Crippen molar-refractivity contribution in [1.29, 1.82) is 0 Å². The molecule has 0 aromatic rings. The molecule has 132 valence electrons. The predicted octanol–water partition coefficient (Wildman–Crippen LogP) is 4.42. The topological polar surface area (TPSA) is 63.6 Å². The molecule has 1 aliphatic heterocycles. The molecule has 0 radical (unpaired) electrons. The van der Waals surface area contributed by atoms with Gasteiger partial charge in [0.05, 0.1) is 5.92 Å². The maximum Gasteiger partial charge on any atom is 0.331 e. The van der Waals surface area contributed by atoms with Crippen LogP contribution in [0.4, 0.5) is 0 Å². The lowest BCUT2D eigenvalue weighted by molar-refractivity contribution is -0.142. The van der Waals surface area contributed by atoms with Crippen molar-refractivity contribution < 1.29 is 19.4 Å². The lowest BCUT2D eigenvalue weighted by atomic mass is 9.85. The molecule has 0 saturated carbocycles. The Morgan fingerprint density at radius 3 is 2.54 bits per heavy atom. The molecule has 1 saturated heterocycles. The van der Waals surface area contributed by atoms with Crippen molar-refractivity contribution in [3.8, 4) is 0 Å². The van der Waals surface area contributed by atoms with E-state index in [9.17, 15) is 14.7 Å². The molecule has 3 atom stereocenters. The molecule has 0 aromatic carbocycles. The van der Waals surface area contributed by atoms with Crippen molar-refractivity contribution in [3.63, 3.8) is 0 Å². The highest BCUT2D eigenvalue weighted by molar-refractivity contribution is 5.86. The lowest BCUT2D eigenvalue weighted by Gasteiger charge is -2.18. The second kappa shape index (κ2) is 8.32. The number of carboxylic acids is 1. The first-order valence-electron chi connectivity index (χ1n) is 8.84. The largest absolute Gasteiger partial charge is 0.478 e. The number of esters is 1. The van der Waals surface area contributed by atoms with Crippen molar-refractivity contribution in [2.24, 2.45) is 11.8 Å². The number of hydrogen-bond donors (Lipinski definition) is 1. The molecular weight excluding hydrogens is 304 g/mol. The van der Waals surface area contributed by atoms with Crippen molar-refractivity contribution >= 4 is 11.9 Å². The molecule has 1 aliphatic carbocycles. The number of carbonyl (C=O) groups is 2. The number of carboxylic acid groups (broad SMARTS) is 1. The third-order valence-electron chi connectivity index (χ3n) is 5.12. The summed E-state index contributed by atoms with van der Waals surface area (Å²) in [5.74, 6) is -0.761. The fourth-order valence-corrected chi connectivity index (χ4v) is 3.46. The third-order valence-corrected chi connectivity index (χ3v) is 5.12. The smallest absolute Gasteiger partial charge is 0.331 e. The number of allylic oxidation sites excluding steroid dienone is 4. The van der Waals surface area contributed by atoms with Gasteiger partial charge in [0.15, 0.2) is 0 Å². The highest BCUT2D eigenvalue weighted by atomic mass is 16.6. The molecular formula is C20H28O4. The van der Waals surface area contributed by atoms with Gasteiger partial charge in [-0.3, -0.25) is 4.79 Å². The van der Waals surface area contributed by atoms with Crippen molar-refractivity contribution in [1.82, 2.24) is 0 Å². The van der Waals surface area contributed by atoms with Crippen molar-refractivity contribution in [2.45, 2.75) is 65.4 Å². The Balaban J connectivity index is 2.21. The summed E-state index contributed by atoms with van der Waals surface area (Å²) in [6.45, 7) is 6.06. The maximum atomic E-state index is 11.9. The Morgan fingerprint density at radius 2 is 1.83 bits per heavy atom. The van der Waals surface area contributed by atoms with Gasteiger partial charge in [0.25, 0.3) is 0 Å². The number of carbonyl (C=O) groups excluding carboxylic acids is 1. The SMILES string of the molecule is C/C1=C\[C@H]2OC(=O)[C@H](C)C2CC/C(C)=C/CC/C(C(=O)O)=C/CC1. The van der Waals surface area contributed by atoms with E-state index in [0.29, 0.717) is 18.4 Å². The minimum atomic E-state index is -0.826. The molecule has 1 unspecified atom stereocenters. The van der Waals surface area contributed by atoms with Crippen LogP contribution in [0.3, 0.4) is 0 Å². The van der Waals surface area contributed by atoms with Crippen molar-refractivity contribution in [2.75, 3.05) is 0 Å². The first kappa shape index (κ1) is 18.5. The van der Waals surface area contributed by atoms with E-state index in [0.717, 1.165) is 31.3 Å². The van der Waals surface area contributed by atoms with E-state index < -0.39 is 5.97 Å². The van der Waals surface area contributed by atoms with Crippen LogP contribution in [-0.4, -0.2) is 23.1 Å². The van der Waals surface area contributed by atoms with E-state index in [1.54, 1.807) is 0 Å². The van der Waals surface area contributed by atoms with Crippen LogP contribution >= 0.6 is 0 Å². The number of ether oxygens (including phenoxy) is 1. The molecule has 4 heteroatoms. The lowest BCUT2D eigenvalue weighted by Crippen LogP contribution is -2.18. The molecule has 1 N–H and O–H groups in total. The van der Waals surface area contributed by atoms with Gasteiger partial charge in [-0.2, -0.15) is 0 Å². The van der Waals surface area contributed by atoms with Gasteiger partial charge >= 0.3 is 11.9 Å². The van der Waals surface area contributed by atoms with E-state index in [1.165, 1.54) is 5.57 Å². The van der Waals surface area contributed by atoms with E-state index in [-0.39, 0.29) is 23.9 Å². The van der Waals surface area contributed by atoms with Gasteiger partial charge in [-0.1, -0.05) is 30.2 Å². The van der Waals surface area contributed by atoms with E-state index >= 15 is 0 Å². The highest BCUT2D eigenvalue weighted by Gasteiger charge is 2.40. The predicted molar refractivity (Wildman–Crippen MR) is 93.5 cm³/mol. The molecule has 0 bridgehead atoms. The Morgan fingerprint density at radius 1 is 1.12 bits per heavy atom. The normalized spacial score (nSPS) is 36.0. The highest BCUT2D eigenvalue weighted by Crippen LogP contribution is 2.34. The minimum Gasteiger partial charge on any atom is -0.478 e. The molecule has 4 nitrogen and oxygen atoms in total. The van der Waals surface area contributed by atoms with Crippen LogP contribution in [0.5, 0.6) is 0 Å². The molecule has 0 aromatic heterocycles. The Hall–Kier alpha value is -1.84. The zero-order chi connectivity index (χ0) is 17.7. The van der Waals surface area contributed by atoms with Crippen LogP contribution in [0.1, 0.15) is 59.3 Å². The Kier molecular flexibility index (Phi) is 6.41. The van der Waals surface area contributed by atoms with E-state index in [2.05, 4.69) is 19.1 Å². The van der Waals surface area contributed by atoms with Gasteiger partial charge < -0.3 is 9.84 Å². The molecule has 2 aliphatic rings. The van der Waals surface area contributed by atoms with Crippen LogP contribution in [0, 0.1) is 11.8 Å². The van der Waals surface area contributed by atoms with Crippen LogP contribution < -0.4 is 0 Å². The van der Waals surface area contributed by atoms with Crippen LogP contribution in [0.25, 0.3) is 0 Å². The summed E-state index contributed by atoms with van der Waals surface area (Å²) >= 11 is 0. The van der Waals surface area contributed by atoms with Gasteiger partial charge in [-0.05, 0) is 58.4 Å². The minimum absolute atomic E-state index is 0.0572. The van der Waals surface area contributed by atoms with Crippen LogP contribution in [-0.2, 0) is 14.3 Å². The maximum absolute atomic E-state index is 11.9. The Bertz CT molecular complexity index is 582. The Labute approximate surface area is 144 Å². The van der Waals surface area contributed by atoms with Gasteiger partial charge in [0.1, 0.15) is 6.10 Å². The third kappa shape index (κ3) is 4.83. The number of fused-ring (bicyclic) bond motifs is 1. The average Bonchev–Trinajstić information content (AvgIpc) is 2.77. The summed E-state index contributed by atoms with van der Waals surface area (Å²) in [6, 6.07) is 0. The fourth-order valence-electron chi connectivity index (χ4n) is 3.46. The molecule has 1 fully saturated rings. The average molecular weight is 332 g/mol. The first-order chi connectivity index (χ1) is 11.4. The van der Waals surface area contributed by atoms with Crippen molar-refractivity contribution in [3.05, 3.63) is 34.9 Å². The van der Waals surface area contributed by atoms with Gasteiger partial charge in [-0.15, -0.1) is 0 Å². The quantitative estimate of drug-likeness (QED) is 0.570. The number of aliphatic carboxylic acids is 1. The summed E-state index contributed by atoms with van der Waals surface area (Å²) in [7, 11) is 0. The monoisotopic (exact) mass is 332 g/mol. The van der Waals surface area contributed by atoms with Gasteiger partial charge in [0.2, 0.25) is 0 Å². The van der Waals surface area contributed by atoms with Crippen LogP contribution in [0.2, 0.25) is 0 Å². The van der Waals surface area contributed by atoms with Crippen LogP contribution in [0.15, 0.2) is 34.9 Å². The van der Waals surface area contributed by atoms with E-state index in [1.807, 2.05) is 19.9 Å². The molecule has 0 amide bonds. The molecule has 24 heavy (non-hydrogen) atoms. The molecule has 2 rings (SSSR count). The summed E-state index contributed by atoms with van der Waals surface area (Å²) in [4.78, 5) is 23.3. The zero-order valence-electron chi connectivity index (χ0n) is 14.9. The zero-order valence-corrected chi connectivity index (χ0v) is 14.9.